The molecule has 164 valence electrons. The third kappa shape index (κ3) is 4.75. The van der Waals surface area contributed by atoms with Crippen LogP contribution in [0.5, 0.6) is 0 Å². The molecule has 2 aromatic carbocycles. The lowest BCUT2D eigenvalue weighted by Crippen LogP contribution is -2.45. The Kier molecular flexibility index (Phi) is 7.03. The summed E-state index contributed by atoms with van der Waals surface area (Å²) in [5.41, 5.74) is 2.19. The van der Waals surface area contributed by atoms with Gasteiger partial charge in [0.05, 0.1) is 22.7 Å². The van der Waals surface area contributed by atoms with Gasteiger partial charge in [-0.1, -0.05) is 70.7 Å². The number of aliphatic imine (C=N–C) groups is 2. The van der Waals surface area contributed by atoms with Gasteiger partial charge in [0.2, 0.25) is 5.00 Å². The first-order valence-corrected chi connectivity index (χ1v) is 12.3. The Morgan fingerprint density at radius 3 is 1.77 bits per heavy atom. The monoisotopic (exact) mass is 560 g/mol. The molecule has 0 saturated carbocycles. The Bertz CT molecular complexity index is 1220. The summed E-state index contributed by atoms with van der Waals surface area (Å²) in [6, 6.07) is 13.8. The standard InChI is InChI=1S/C9H5Cl3N2O.C8H5Cl3N2O2S/c10-7-9(12,8(11)15)14-6-4-2-1-3-5(6)13-7;9-7-8(10,16(11,14)15)13-6-4-2-1-3-5(6)12-7/h1-4,14H;1-4,13H. The molecule has 0 spiro atoms. The Hall–Kier alpha value is -1.26. The van der Waals surface area contributed by atoms with E-state index < -0.39 is 23.6 Å². The van der Waals surface area contributed by atoms with E-state index in [0.717, 1.165) is 0 Å². The number of carbonyl (C=O) groups is 1. The molecular weight excluding hydrogens is 553 g/mol. The molecule has 0 aliphatic carbocycles. The molecule has 2 heterocycles. The molecular formula is C17H10Cl6N4O3S. The normalized spacial score (nSPS) is 24.1. The highest BCUT2D eigenvalue weighted by molar-refractivity contribution is 8.16. The summed E-state index contributed by atoms with van der Waals surface area (Å²) < 4.78 is 20.6. The number of nitrogens with zero attached hydrogens (tertiary/aromatic N) is 2. The fourth-order valence-corrected chi connectivity index (χ4v) is 4.54. The predicted octanol–water partition coefficient (Wildman–Crippen LogP) is 5.92. The Labute approximate surface area is 206 Å². The second-order valence-corrected chi connectivity index (χ2v) is 11.2. The molecule has 2 aromatic rings. The van der Waals surface area contributed by atoms with Crippen LogP contribution in [0.2, 0.25) is 0 Å². The van der Waals surface area contributed by atoms with Crippen molar-refractivity contribution in [2.24, 2.45) is 9.98 Å². The van der Waals surface area contributed by atoms with Gasteiger partial charge >= 0.3 is 0 Å². The van der Waals surface area contributed by atoms with Gasteiger partial charge in [0.25, 0.3) is 18.6 Å². The van der Waals surface area contributed by atoms with E-state index in [-0.39, 0.29) is 10.3 Å². The summed E-state index contributed by atoms with van der Waals surface area (Å²) in [7, 11) is 1.07. The summed E-state index contributed by atoms with van der Waals surface area (Å²) in [5, 5.41) is 4.07. The number of rotatable bonds is 2. The maximum Gasteiger partial charge on any atom is 0.283 e. The molecule has 0 amide bonds. The number of hydrogen-bond donors (Lipinski definition) is 2. The number of alkyl halides is 2. The second kappa shape index (κ2) is 8.94. The number of benzene rings is 2. The lowest BCUT2D eigenvalue weighted by molar-refractivity contribution is -0.112. The van der Waals surface area contributed by atoms with Gasteiger partial charge < -0.3 is 10.6 Å². The van der Waals surface area contributed by atoms with Crippen LogP contribution in [0.15, 0.2) is 58.5 Å². The van der Waals surface area contributed by atoms with Crippen molar-refractivity contribution in [1.29, 1.82) is 0 Å². The molecule has 31 heavy (non-hydrogen) atoms. The van der Waals surface area contributed by atoms with Crippen molar-refractivity contribution in [2.75, 3.05) is 10.6 Å². The molecule has 7 nitrogen and oxygen atoms in total. The van der Waals surface area contributed by atoms with Crippen molar-refractivity contribution in [3.63, 3.8) is 0 Å². The van der Waals surface area contributed by atoms with Crippen LogP contribution in [0, 0.1) is 0 Å². The minimum absolute atomic E-state index is 0.0807. The lowest BCUT2D eigenvalue weighted by atomic mass is 10.2. The van der Waals surface area contributed by atoms with Gasteiger partial charge in [0, 0.05) is 10.7 Å². The van der Waals surface area contributed by atoms with Crippen LogP contribution in [0.25, 0.3) is 0 Å². The van der Waals surface area contributed by atoms with Crippen LogP contribution in [0.4, 0.5) is 22.7 Å². The third-order valence-electron chi connectivity index (χ3n) is 4.00. The van der Waals surface area contributed by atoms with Crippen molar-refractivity contribution < 1.29 is 13.2 Å². The highest BCUT2D eigenvalue weighted by atomic mass is 35.7. The summed E-state index contributed by atoms with van der Waals surface area (Å²) in [6.45, 7) is 0. The van der Waals surface area contributed by atoms with Crippen LogP contribution in [0.1, 0.15) is 0 Å². The van der Waals surface area contributed by atoms with Gasteiger partial charge in [-0.2, -0.15) is 0 Å². The average Bonchev–Trinajstić information content (AvgIpc) is 2.69. The minimum atomic E-state index is -4.15. The maximum atomic E-state index is 11.3. The first kappa shape index (κ1) is 24.4. The van der Waals surface area contributed by atoms with E-state index in [4.69, 9.17) is 68.7 Å². The summed E-state index contributed by atoms with van der Waals surface area (Å²) in [6.07, 6.45) is 0. The van der Waals surface area contributed by atoms with E-state index in [9.17, 15) is 13.2 Å². The SMILES string of the molecule is O=C(Cl)C1(Cl)Nc2ccccc2N=C1Cl.O=S(=O)(Cl)C1(Cl)Nc2ccccc2N=C1Cl. The van der Waals surface area contributed by atoms with Crippen LogP contribution in [-0.4, -0.2) is 33.3 Å². The summed E-state index contributed by atoms with van der Waals surface area (Å²) in [5.74, 6) is 0. The van der Waals surface area contributed by atoms with Gasteiger partial charge in [-0.05, 0) is 35.9 Å². The number of carbonyl (C=O) groups excluding carboxylic acids is 1. The van der Waals surface area contributed by atoms with E-state index >= 15 is 0 Å². The number of hydrogen-bond acceptors (Lipinski definition) is 7. The van der Waals surface area contributed by atoms with E-state index in [2.05, 4.69) is 20.6 Å². The lowest BCUT2D eigenvalue weighted by Gasteiger charge is -2.28. The Morgan fingerprint density at radius 1 is 0.839 bits per heavy atom. The molecule has 2 aliphatic heterocycles. The van der Waals surface area contributed by atoms with Crippen molar-refractivity contribution in [3.05, 3.63) is 48.5 Å². The van der Waals surface area contributed by atoms with Gasteiger partial charge in [0.1, 0.15) is 0 Å². The molecule has 2 N–H and O–H groups in total. The van der Waals surface area contributed by atoms with Crippen LogP contribution >= 0.6 is 68.7 Å². The average molecular weight is 563 g/mol. The summed E-state index contributed by atoms with van der Waals surface area (Å²) in [4.78, 5) is 17.4. The van der Waals surface area contributed by atoms with Gasteiger partial charge in [-0.3, -0.25) is 4.79 Å². The zero-order valence-corrected chi connectivity index (χ0v) is 20.3. The molecule has 0 radical (unpaired) electrons. The molecule has 14 heteroatoms. The van der Waals surface area contributed by atoms with Crippen molar-refractivity contribution >= 4 is 116 Å². The number of halogens is 6. The zero-order chi connectivity index (χ0) is 23.0. The quantitative estimate of drug-likeness (QED) is 0.269. The number of para-hydroxylation sites is 4. The van der Waals surface area contributed by atoms with Gasteiger partial charge in [-0.15, -0.1) is 0 Å². The molecule has 0 bridgehead atoms. The van der Waals surface area contributed by atoms with E-state index in [1.165, 1.54) is 0 Å². The highest BCUT2D eigenvalue weighted by Gasteiger charge is 2.48. The molecule has 0 fully saturated rings. The Morgan fingerprint density at radius 2 is 1.29 bits per heavy atom. The smallest absolute Gasteiger partial charge is 0.283 e. The van der Waals surface area contributed by atoms with E-state index in [1.807, 2.05) is 0 Å². The van der Waals surface area contributed by atoms with E-state index in [0.29, 0.717) is 22.7 Å². The number of anilines is 2. The highest BCUT2D eigenvalue weighted by Crippen LogP contribution is 2.41. The number of nitrogens with one attached hydrogen (secondary N) is 2. The van der Waals surface area contributed by atoms with E-state index in [1.54, 1.807) is 48.5 Å². The fourth-order valence-electron chi connectivity index (χ4n) is 2.47. The summed E-state index contributed by atoms with van der Waals surface area (Å²) >= 11 is 28.7. The zero-order valence-electron chi connectivity index (χ0n) is 14.9. The first-order chi connectivity index (χ1) is 14.4. The molecule has 0 aromatic heterocycles. The predicted molar refractivity (Wildman–Crippen MR) is 129 cm³/mol. The fraction of sp³-hybridized carbons (Fsp3) is 0.118. The van der Waals surface area contributed by atoms with Crippen LogP contribution in [-0.2, 0) is 13.8 Å². The minimum Gasteiger partial charge on any atom is -0.352 e. The first-order valence-electron chi connectivity index (χ1n) is 8.14. The van der Waals surface area contributed by atoms with Crippen LogP contribution in [0.3, 0.4) is 0 Å². The second-order valence-electron chi connectivity index (χ2n) is 6.05. The molecule has 2 aliphatic rings. The largest absolute Gasteiger partial charge is 0.352 e. The van der Waals surface area contributed by atoms with Crippen molar-refractivity contribution in [2.45, 2.75) is 9.33 Å². The maximum absolute atomic E-state index is 11.3. The number of fused-ring (bicyclic) bond motifs is 2. The van der Waals surface area contributed by atoms with Crippen molar-refractivity contribution in [1.82, 2.24) is 0 Å². The molecule has 0 saturated heterocycles. The molecule has 2 unspecified atom stereocenters. The van der Waals surface area contributed by atoms with Gasteiger partial charge in [-0.25, -0.2) is 18.4 Å². The van der Waals surface area contributed by atoms with Crippen LogP contribution < -0.4 is 10.6 Å². The van der Waals surface area contributed by atoms with Crippen molar-refractivity contribution in [3.8, 4) is 0 Å². The molecule has 4 rings (SSSR count). The molecule has 2 atom stereocenters. The van der Waals surface area contributed by atoms with Gasteiger partial charge in [0.15, 0.2) is 10.3 Å². The Balaban J connectivity index is 0.000000176. The third-order valence-corrected chi connectivity index (χ3v) is 8.65. The topological polar surface area (TPSA) is 100.0 Å².